The molecule has 2 aromatic rings. The van der Waals surface area contributed by atoms with E-state index < -0.39 is 6.10 Å². The molecule has 0 spiro atoms. The smallest absolute Gasteiger partial charge is 0.166 e. The number of Topliss-reactive ketones (excluding diaryl/α,β-unsaturated/α-hetero) is 1. The number of fused-ring (bicyclic) bond motifs is 1. The average Bonchev–Trinajstić information content (AvgIpc) is 2.65. The van der Waals surface area contributed by atoms with Crippen LogP contribution in [-0.4, -0.2) is 21.0 Å². The highest BCUT2D eigenvalue weighted by atomic mass is 35.5. The second-order valence-electron chi connectivity index (χ2n) is 6.52. The van der Waals surface area contributed by atoms with Crippen molar-refractivity contribution in [1.29, 1.82) is 0 Å². The molecule has 0 saturated carbocycles. The molecule has 0 fully saturated rings. The van der Waals surface area contributed by atoms with Gasteiger partial charge >= 0.3 is 0 Å². The number of halogens is 1. The van der Waals surface area contributed by atoms with Crippen molar-refractivity contribution in [3.8, 4) is 0 Å². The molecule has 2 atom stereocenters. The lowest BCUT2D eigenvalue weighted by atomic mass is 9.79. The maximum absolute atomic E-state index is 12.7. The van der Waals surface area contributed by atoms with Crippen LogP contribution in [-0.2, 0) is 6.42 Å². The van der Waals surface area contributed by atoms with Crippen LogP contribution in [0.3, 0.4) is 0 Å². The third kappa shape index (κ3) is 3.92. The Labute approximate surface area is 158 Å². The third-order valence-corrected chi connectivity index (χ3v) is 4.96. The lowest BCUT2D eigenvalue weighted by Crippen LogP contribution is -2.26. The number of allylic oxidation sites excluding steroid dienone is 1. The van der Waals surface area contributed by atoms with Gasteiger partial charge in [-0.1, -0.05) is 48.5 Å². The fourth-order valence-corrected chi connectivity index (χ4v) is 3.34. The lowest BCUT2D eigenvalue weighted by Gasteiger charge is -2.27. The fraction of sp³-hybridized carbons (Fsp3) is 0.286. The number of rotatable bonds is 5. The first-order valence-electron chi connectivity index (χ1n) is 8.64. The van der Waals surface area contributed by atoms with Gasteiger partial charge in [0.1, 0.15) is 5.17 Å². The Balaban J connectivity index is 1.75. The first-order chi connectivity index (χ1) is 12.5. The minimum absolute atomic E-state index is 0.103. The molecule has 1 aromatic carbocycles. The van der Waals surface area contributed by atoms with Gasteiger partial charge in [0, 0.05) is 17.2 Å². The number of nitrogens with zero attached hydrogens (tertiary/aromatic N) is 2. The molecule has 134 valence electrons. The monoisotopic (exact) mass is 368 g/mol. The molecule has 1 heterocycles. The van der Waals surface area contributed by atoms with Crippen molar-refractivity contribution in [2.45, 2.75) is 32.3 Å². The Morgan fingerprint density at radius 2 is 2.15 bits per heavy atom. The van der Waals surface area contributed by atoms with Crippen molar-refractivity contribution in [2.75, 3.05) is 0 Å². The van der Waals surface area contributed by atoms with Gasteiger partial charge < -0.3 is 5.11 Å². The first-order valence-corrected chi connectivity index (χ1v) is 9.01. The molecule has 1 aromatic heterocycles. The van der Waals surface area contributed by atoms with Gasteiger partial charge in [0.25, 0.3) is 0 Å². The van der Waals surface area contributed by atoms with Crippen LogP contribution in [0.4, 0.5) is 5.82 Å². The normalized spacial score (nSPS) is 20.0. The number of carbonyl (C=O) groups is 1. The van der Waals surface area contributed by atoms with Gasteiger partial charge in [-0.05, 0) is 49.5 Å². The van der Waals surface area contributed by atoms with E-state index in [0.29, 0.717) is 35.8 Å². The highest BCUT2D eigenvalue weighted by Crippen LogP contribution is 2.35. The number of pyridine rings is 1. The molecule has 3 rings (SSSR count). The summed E-state index contributed by atoms with van der Waals surface area (Å²) in [6, 6.07) is 11.2. The Morgan fingerprint density at radius 3 is 2.92 bits per heavy atom. The van der Waals surface area contributed by atoms with Crippen molar-refractivity contribution in [1.82, 2.24) is 4.98 Å². The average molecular weight is 369 g/mol. The Bertz CT molecular complexity index is 876. The number of hydrogen-bond donors (Lipinski definition) is 1. The van der Waals surface area contributed by atoms with Gasteiger partial charge in [-0.3, -0.25) is 4.79 Å². The molecule has 4 nitrogen and oxygen atoms in total. The standard InChI is InChI=1S/C21H21ClN2O2/c1-3-19(22)24-21-13(2)8-10-15(23-21)11-9-14-12-18(25)16-6-4-5-7-17(16)20(14)26/h3-8,10,14,18,25H,1,9,11-12H2,2H3/t14-,18?/m0/s1. The second-order valence-corrected chi connectivity index (χ2v) is 6.91. The summed E-state index contributed by atoms with van der Waals surface area (Å²) in [4.78, 5) is 21.5. The zero-order valence-electron chi connectivity index (χ0n) is 14.7. The van der Waals surface area contributed by atoms with Gasteiger partial charge in [0.2, 0.25) is 0 Å². The molecule has 0 bridgehead atoms. The number of ketones is 1. The zero-order chi connectivity index (χ0) is 18.7. The molecule has 26 heavy (non-hydrogen) atoms. The molecular weight excluding hydrogens is 348 g/mol. The van der Waals surface area contributed by atoms with E-state index in [1.165, 1.54) is 6.08 Å². The van der Waals surface area contributed by atoms with E-state index in [9.17, 15) is 9.90 Å². The highest BCUT2D eigenvalue weighted by molar-refractivity contribution is 6.68. The molecule has 1 aliphatic rings. The van der Waals surface area contributed by atoms with Crippen LogP contribution in [0.1, 0.15) is 46.1 Å². The lowest BCUT2D eigenvalue weighted by molar-refractivity contribution is 0.0763. The van der Waals surface area contributed by atoms with Gasteiger partial charge in [-0.15, -0.1) is 0 Å². The molecule has 0 amide bonds. The molecule has 5 heteroatoms. The summed E-state index contributed by atoms with van der Waals surface area (Å²) in [7, 11) is 0. The quantitative estimate of drug-likeness (QED) is 0.777. The SMILES string of the molecule is C=CC(Cl)=Nc1nc(CC[C@H]2CC(O)c3ccccc3C2=O)ccc1C. The number of aliphatic hydroxyl groups excluding tert-OH is 1. The maximum atomic E-state index is 12.7. The Kier molecular flexibility index (Phi) is 5.64. The van der Waals surface area contributed by atoms with Gasteiger partial charge in [0.15, 0.2) is 11.6 Å². The van der Waals surface area contributed by atoms with Crippen molar-refractivity contribution >= 4 is 28.4 Å². The number of carbonyl (C=O) groups excluding carboxylic acids is 1. The fourth-order valence-electron chi connectivity index (χ4n) is 3.26. The van der Waals surface area contributed by atoms with E-state index in [0.717, 1.165) is 16.8 Å². The highest BCUT2D eigenvalue weighted by Gasteiger charge is 2.32. The summed E-state index contributed by atoms with van der Waals surface area (Å²) in [6.45, 7) is 5.51. The summed E-state index contributed by atoms with van der Waals surface area (Å²) in [5.41, 5.74) is 3.14. The van der Waals surface area contributed by atoms with Gasteiger partial charge in [0.05, 0.1) is 6.10 Å². The summed E-state index contributed by atoms with van der Waals surface area (Å²) < 4.78 is 0. The minimum atomic E-state index is -0.591. The van der Waals surface area contributed by atoms with Crippen molar-refractivity contribution in [2.24, 2.45) is 10.9 Å². The summed E-state index contributed by atoms with van der Waals surface area (Å²) in [6.07, 6.45) is 2.61. The third-order valence-electron chi connectivity index (χ3n) is 4.72. The van der Waals surface area contributed by atoms with E-state index in [2.05, 4.69) is 16.6 Å². The maximum Gasteiger partial charge on any atom is 0.166 e. The molecular formula is C21H21ClN2O2. The van der Waals surface area contributed by atoms with Crippen LogP contribution < -0.4 is 0 Å². The van der Waals surface area contributed by atoms with Crippen LogP contribution in [0.5, 0.6) is 0 Å². The van der Waals surface area contributed by atoms with Crippen LogP contribution >= 0.6 is 11.6 Å². The number of aromatic nitrogens is 1. The zero-order valence-corrected chi connectivity index (χ0v) is 15.4. The van der Waals surface area contributed by atoms with Crippen LogP contribution in [0.25, 0.3) is 0 Å². The molecule has 0 radical (unpaired) electrons. The predicted octanol–water partition coefficient (Wildman–Crippen LogP) is 4.71. The van der Waals surface area contributed by atoms with Crippen molar-refractivity contribution in [3.63, 3.8) is 0 Å². The van der Waals surface area contributed by atoms with E-state index in [-0.39, 0.29) is 11.7 Å². The van der Waals surface area contributed by atoms with Gasteiger partial charge in [-0.25, -0.2) is 9.98 Å². The molecule has 1 aliphatic carbocycles. The van der Waals surface area contributed by atoms with E-state index in [4.69, 9.17) is 11.6 Å². The number of benzene rings is 1. The Hall–Kier alpha value is -2.30. The molecule has 0 saturated heterocycles. The number of aliphatic imine (C=N–C) groups is 1. The summed E-state index contributed by atoms with van der Waals surface area (Å²) >= 11 is 5.93. The second kappa shape index (κ2) is 7.94. The number of aryl methyl sites for hydroxylation is 2. The number of hydrogen-bond acceptors (Lipinski definition) is 4. The van der Waals surface area contributed by atoms with E-state index in [1.807, 2.05) is 37.3 Å². The summed E-state index contributed by atoms with van der Waals surface area (Å²) in [5, 5.41) is 10.6. The Morgan fingerprint density at radius 1 is 1.38 bits per heavy atom. The summed E-state index contributed by atoms with van der Waals surface area (Å²) in [5.74, 6) is 0.463. The van der Waals surface area contributed by atoms with Crippen LogP contribution in [0.2, 0.25) is 0 Å². The molecule has 0 aliphatic heterocycles. The van der Waals surface area contributed by atoms with Crippen LogP contribution in [0.15, 0.2) is 54.0 Å². The van der Waals surface area contributed by atoms with Gasteiger partial charge in [-0.2, -0.15) is 0 Å². The topological polar surface area (TPSA) is 62.6 Å². The van der Waals surface area contributed by atoms with Crippen molar-refractivity contribution in [3.05, 3.63) is 71.4 Å². The minimum Gasteiger partial charge on any atom is -0.388 e. The van der Waals surface area contributed by atoms with Crippen molar-refractivity contribution < 1.29 is 9.90 Å². The number of aliphatic hydroxyl groups is 1. The largest absolute Gasteiger partial charge is 0.388 e. The molecule has 1 N–H and O–H groups in total. The first kappa shape index (κ1) is 18.5. The van der Waals surface area contributed by atoms with E-state index >= 15 is 0 Å². The molecule has 1 unspecified atom stereocenters. The van der Waals surface area contributed by atoms with E-state index in [1.54, 1.807) is 6.07 Å². The predicted molar refractivity (Wildman–Crippen MR) is 104 cm³/mol. The van der Waals surface area contributed by atoms with Crippen LogP contribution in [0, 0.1) is 12.8 Å².